The SMILES string of the molecule is COc1ccc(-n2nc(C(=O)NCc3ccc(F)cc3)c3c4ccccc4n(C)c3c2=O)cc1. The summed E-state index contributed by atoms with van der Waals surface area (Å²) in [6.45, 7) is 0.189. The monoisotopic (exact) mass is 456 g/mol. The molecule has 8 heteroatoms. The van der Waals surface area contributed by atoms with Crippen LogP contribution >= 0.6 is 0 Å². The molecule has 0 aliphatic heterocycles. The van der Waals surface area contributed by atoms with Crippen molar-refractivity contribution in [1.82, 2.24) is 19.7 Å². The van der Waals surface area contributed by atoms with Crippen LogP contribution in [0.15, 0.2) is 77.6 Å². The summed E-state index contributed by atoms with van der Waals surface area (Å²) in [5.41, 5.74) is 2.23. The minimum absolute atomic E-state index is 0.129. The molecule has 2 heterocycles. The quantitative estimate of drug-likeness (QED) is 0.434. The van der Waals surface area contributed by atoms with Crippen LogP contribution in [-0.4, -0.2) is 27.4 Å². The maximum Gasteiger partial charge on any atom is 0.296 e. The van der Waals surface area contributed by atoms with Crippen molar-refractivity contribution in [2.45, 2.75) is 6.54 Å². The first kappa shape index (κ1) is 21.4. The van der Waals surface area contributed by atoms with Crippen LogP contribution in [0.2, 0.25) is 0 Å². The van der Waals surface area contributed by atoms with Gasteiger partial charge < -0.3 is 14.6 Å². The molecule has 0 unspecified atom stereocenters. The zero-order valence-corrected chi connectivity index (χ0v) is 18.6. The minimum Gasteiger partial charge on any atom is -0.497 e. The van der Waals surface area contributed by atoms with E-state index >= 15 is 0 Å². The molecule has 1 amide bonds. The summed E-state index contributed by atoms with van der Waals surface area (Å²) in [6.07, 6.45) is 0. The van der Waals surface area contributed by atoms with E-state index in [0.29, 0.717) is 22.3 Å². The summed E-state index contributed by atoms with van der Waals surface area (Å²) in [6, 6.07) is 20.3. The van der Waals surface area contributed by atoms with Crippen molar-refractivity contribution in [2.75, 3.05) is 7.11 Å². The van der Waals surface area contributed by atoms with E-state index in [-0.39, 0.29) is 23.6 Å². The van der Waals surface area contributed by atoms with Gasteiger partial charge in [0.1, 0.15) is 17.1 Å². The molecule has 0 saturated heterocycles. The molecule has 0 aliphatic carbocycles. The van der Waals surface area contributed by atoms with Crippen molar-refractivity contribution < 1.29 is 13.9 Å². The molecule has 5 rings (SSSR count). The highest BCUT2D eigenvalue weighted by atomic mass is 19.1. The number of carbonyl (C=O) groups is 1. The number of nitrogens with one attached hydrogen (secondary N) is 1. The number of fused-ring (bicyclic) bond motifs is 3. The van der Waals surface area contributed by atoms with Gasteiger partial charge in [0, 0.05) is 29.9 Å². The Kier molecular flexibility index (Phi) is 5.33. The Bertz CT molecular complexity index is 1590. The Morgan fingerprint density at radius 1 is 1.03 bits per heavy atom. The lowest BCUT2D eigenvalue weighted by atomic mass is 10.1. The molecule has 5 aromatic rings. The van der Waals surface area contributed by atoms with Gasteiger partial charge in [-0.1, -0.05) is 30.3 Å². The number of halogens is 1. The highest BCUT2D eigenvalue weighted by molar-refractivity contribution is 6.16. The van der Waals surface area contributed by atoms with Gasteiger partial charge in [-0.3, -0.25) is 9.59 Å². The fourth-order valence-electron chi connectivity index (χ4n) is 4.10. The van der Waals surface area contributed by atoms with Crippen molar-refractivity contribution in [2.24, 2.45) is 7.05 Å². The molecule has 0 aliphatic rings. The molecule has 0 atom stereocenters. The number of ether oxygens (including phenoxy) is 1. The molecule has 0 radical (unpaired) electrons. The van der Waals surface area contributed by atoms with Gasteiger partial charge in [0.2, 0.25) is 0 Å². The summed E-state index contributed by atoms with van der Waals surface area (Å²) >= 11 is 0. The third-order valence-electron chi connectivity index (χ3n) is 5.84. The van der Waals surface area contributed by atoms with Crippen LogP contribution in [0.5, 0.6) is 5.75 Å². The number of hydrogen-bond donors (Lipinski definition) is 1. The van der Waals surface area contributed by atoms with Gasteiger partial charge in [0.25, 0.3) is 11.5 Å². The van der Waals surface area contributed by atoms with Gasteiger partial charge in [-0.15, -0.1) is 0 Å². The lowest BCUT2D eigenvalue weighted by Gasteiger charge is -2.11. The van der Waals surface area contributed by atoms with Crippen molar-refractivity contribution in [3.63, 3.8) is 0 Å². The second kappa shape index (κ2) is 8.47. The third kappa shape index (κ3) is 3.59. The van der Waals surface area contributed by atoms with Crippen molar-refractivity contribution in [1.29, 1.82) is 0 Å². The topological polar surface area (TPSA) is 78.2 Å². The van der Waals surface area contributed by atoms with E-state index in [2.05, 4.69) is 10.4 Å². The Hall–Kier alpha value is -4.46. The molecule has 7 nitrogen and oxygen atoms in total. The van der Waals surface area contributed by atoms with Crippen LogP contribution in [0, 0.1) is 5.82 Å². The number of para-hydroxylation sites is 1. The number of methoxy groups -OCH3 is 1. The number of carbonyl (C=O) groups excluding carboxylic acids is 1. The van der Waals surface area contributed by atoms with E-state index in [1.807, 2.05) is 24.3 Å². The molecule has 2 aromatic heterocycles. The number of nitrogens with zero attached hydrogens (tertiary/aromatic N) is 3. The number of benzene rings is 3. The number of amides is 1. The molecule has 3 aromatic carbocycles. The van der Waals surface area contributed by atoms with E-state index in [9.17, 15) is 14.0 Å². The predicted molar refractivity (Wildman–Crippen MR) is 128 cm³/mol. The Morgan fingerprint density at radius 3 is 2.44 bits per heavy atom. The van der Waals surface area contributed by atoms with Gasteiger partial charge in [-0.05, 0) is 48.0 Å². The third-order valence-corrected chi connectivity index (χ3v) is 5.84. The van der Waals surface area contributed by atoms with Crippen LogP contribution in [0.1, 0.15) is 16.1 Å². The zero-order valence-electron chi connectivity index (χ0n) is 18.6. The minimum atomic E-state index is -0.437. The fraction of sp³-hybridized carbons (Fsp3) is 0.115. The number of aryl methyl sites for hydroxylation is 1. The first-order valence-electron chi connectivity index (χ1n) is 10.7. The average molecular weight is 456 g/mol. The average Bonchev–Trinajstić information content (AvgIpc) is 3.17. The Morgan fingerprint density at radius 2 is 1.74 bits per heavy atom. The zero-order chi connectivity index (χ0) is 23.8. The molecule has 0 saturated carbocycles. The smallest absolute Gasteiger partial charge is 0.296 e. The number of hydrogen-bond acceptors (Lipinski definition) is 4. The number of rotatable bonds is 5. The van der Waals surface area contributed by atoms with E-state index in [4.69, 9.17) is 4.74 Å². The van der Waals surface area contributed by atoms with Gasteiger partial charge in [-0.2, -0.15) is 9.78 Å². The van der Waals surface area contributed by atoms with Crippen molar-refractivity contribution >= 4 is 27.7 Å². The van der Waals surface area contributed by atoms with Crippen LogP contribution < -0.4 is 15.6 Å². The molecule has 0 fully saturated rings. The van der Waals surface area contributed by atoms with Crippen molar-refractivity contribution in [3.8, 4) is 11.4 Å². The lowest BCUT2D eigenvalue weighted by molar-refractivity contribution is 0.0946. The summed E-state index contributed by atoms with van der Waals surface area (Å²) < 4.78 is 21.4. The molecule has 1 N–H and O–H groups in total. The number of aromatic nitrogens is 3. The van der Waals surface area contributed by atoms with E-state index in [1.54, 1.807) is 55.1 Å². The molecular weight excluding hydrogens is 435 g/mol. The van der Waals surface area contributed by atoms with Gasteiger partial charge >= 0.3 is 0 Å². The summed E-state index contributed by atoms with van der Waals surface area (Å²) in [7, 11) is 3.36. The summed E-state index contributed by atoms with van der Waals surface area (Å²) in [5, 5.41) is 8.60. The van der Waals surface area contributed by atoms with Gasteiger partial charge in [0.15, 0.2) is 5.69 Å². The highest BCUT2D eigenvalue weighted by Crippen LogP contribution is 2.28. The second-order valence-electron chi connectivity index (χ2n) is 7.87. The standard InChI is InChI=1S/C26H21FN4O3/c1-30-21-6-4-3-5-20(21)22-23(25(32)28-15-16-7-9-17(27)10-8-16)29-31(26(33)24(22)30)18-11-13-19(34-2)14-12-18/h3-14H,15H2,1-2H3,(H,28,32). The fourth-order valence-corrected chi connectivity index (χ4v) is 4.10. The summed E-state index contributed by atoms with van der Waals surface area (Å²) in [4.78, 5) is 26.9. The van der Waals surface area contributed by atoms with Crippen molar-refractivity contribution in [3.05, 3.63) is 100 Å². The highest BCUT2D eigenvalue weighted by Gasteiger charge is 2.23. The van der Waals surface area contributed by atoms with Gasteiger partial charge in [0.05, 0.1) is 12.8 Å². The van der Waals surface area contributed by atoms with Gasteiger partial charge in [-0.25, -0.2) is 4.39 Å². The summed E-state index contributed by atoms with van der Waals surface area (Å²) in [5.74, 6) is -0.145. The Labute approximate surface area is 194 Å². The first-order chi connectivity index (χ1) is 16.5. The largest absolute Gasteiger partial charge is 0.497 e. The van der Waals surface area contributed by atoms with Crippen LogP contribution in [-0.2, 0) is 13.6 Å². The molecule has 170 valence electrons. The normalized spacial score (nSPS) is 11.1. The Balaban J connectivity index is 1.68. The predicted octanol–water partition coefficient (Wildman–Crippen LogP) is 3.96. The van der Waals surface area contributed by atoms with E-state index in [0.717, 1.165) is 16.5 Å². The second-order valence-corrected chi connectivity index (χ2v) is 7.87. The molecular formula is C26H21FN4O3. The first-order valence-corrected chi connectivity index (χ1v) is 10.7. The van der Waals surface area contributed by atoms with E-state index in [1.165, 1.54) is 16.8 Å². The maximum absolute atomic E-state index is 13.5. The lowest BCUT2D eigenvalue weighted by Crippen LogP contribution is -2.30. The van der Waals surface area contributed by atoms with Crippen LogP contribution in [0.25, 0.3) is 27.5 Å². The maximum atomic E-state index is 13.5. The molecule has 0 bridgehead atoms. The molecule has 34 heavy (non-hydrogen) atoms. The van der Waals surface area contributed by atoms with E-state index < -0.39 is 5.91 Å². The van der Waals surface area contributed by atoms with Crippen LogP contribution in [0.3, 0.4) is 0 Å². The molecule has 0 spiro atoms. The van der Waals surface area contributed by atoms with Crippen LogP contribution in [0.4, 0.5) is 4.39 Å².